The molecule has 0 saturated heterocycles. The van der Waals surface area contributed by atoms with Crippen LogP contribution in [0.1, 0.15) is 17.3 Å². The van der Waals surface area contributed by atoms with Gasteiger partial charge in [0.2, 0.25) is 5.91 Å². The molecule has 0 bridgehead atoms. The van der Waals surface area contributed by atoms with Gasteiger partial charge in [0.05, 0.1) is 12.7 Å². The molecule has 2 aromatic rings. The van der Waals surface area contributed by atoms with E-state index in [4.69, 9.17) is 10.5 Å². The van der Waals surface area contributed by atoms with Gasteiger partial charge in [-0.1, -0.05) is 0 Å². The summed E-state index contributed by atoms with van der Waals surface area (Å²) < 4.78 is 5.10. The van der Waals surface area contributed by atoms with Crippen molar-refractivity contribution >= 4 is 28.2 Å². The van der Waals surface area contributed by atoms with E-state index in [1.807, 2.05) is 24.3 Å². The first-order valence-electron chi connectivity index (χ1n) is 5.87. The Bertz CT molecular complexity index is 647. The molecule has 0 atom stereocenters. The molecule has 0 unspecified atom stereocenters. The molecule has 2 amide bonds. The molecule has 0 radical (unpaired) electrons. The number of methoxy groups -OCH3 is 1. The van der Waals surface area contributed by atoms with Gasteiger partial charge in [-0.05, 0) is 35.9 Å². The van der Waals surface area contributed by atoms with Gasteiger partial charge in [-0.25, -0.2) is 0 Å². The fourth-order valence-corrected chi connectivity index (χ4v) is 2.84. The maximum absolute atomic E-state index is 11.4. The van der Waals surface area contributed by atoms with Gasteiger partial charge in [0, 0.05) is 11.8 Å². The lowest BCUT2D eigenvalue weighted by Crippen LogP contribution is -2.14. The Balaban J connectivity index is 2.41. The number of anilines is 1. The molecule has 1 aromatic carbocycles. The Kier molecular flexibility index (Phi) is 4.05. The highest BCUT2D eigenvalue weighted by atomic mass is 32.1. The van der Waals surface area contributed by atoms with Crippen molar-refractivity contribution in [2.75, 3.05) is 12.4 Å². The maximum Gasteiger partial charge on any atom is 0.251 e. The second kappa shape index (κ2) is 5.75. The third-order valence-electron chi connectivity index (χ3n) is 2.66. The van der Waals surface area contributed by atoms with Crippen LogP contribution in [0.4, 0.5) is 5.00 Å². The summed E-state index contributed by atoms with van der Waals surface area (Å²) in [5.41, 5.74) is 6.57. The summed E-state index contributed by atoms with van der Waals surface area (Å²) in [6.07, 6.45) is 0. The van der Waals surface area contributed by atoms with E-state index in [1.54, 1.807) is 13.2 Å². The molecule has 1 aromatic heterocycles. The summed E-state index contributed by atoms with van der Waals surface area (Å²) in [6, 6.07) is 9.11. The second-order valence-electron chi connectivity index (χ2n) is 4.13. The van der Waals surface area contributed by atoms with Crippen LogP contribution in [0.15, 0.2) is 30.3 Å². The molecular weight excluding hydrogens is 276 g/mol. The minimum absolute atomic E-state index is 0.240. The van der Waals surface area contributed by atoms with Crippen LogP contribution >= 0.6 is 11.3 Å². The maximum atomic E-state index is 11.4. The number of hydrogen-bond acceptors (Lipinski definition) is 4. The van der Waals surface area contributed by atoms with E-state index in [2.05, 4.69) is 5.32 Å². The first-order chi connectivity index (χ1) is 9.51. The summed E-state index contributed by atoms with van der Waals surface area (Å²) in [6.45, 7) is 1.39. The molecule has 0 aliphatic heterocycles. The molecule has 0 fully saturated rings. The summed E-state index contributed by atoms with van der Waals surface area (Å²) in [5, 5.41) is 3.09. The van der Waals surface area contributed by atoms with E-state index in [0.29, 0.717) is 10.6 Å². The van der Waals surface area contributed by atoms with Crippen molar-refractivity contribution < 1.29 is 14.3 Å². The predicted octanol–water partition coefficient (Wildman–Crippen LogP) is 2.48. The number of thiophene rings is 1. The van der Waals surface area contributed by atoms with Gasteiger partial charge < -0.3 is 15.8 Å². The van der Waals surface area contributed by atoms with E-state index >= 15 is 0 Å². The van der Waals surface area contributed by atoms with Crippen LogP contribution in [0.3, 0.4) is 0 Å². The zero-order chi connectivity index (χ0) is 14.7. The minimum Gasteiger partial charge on any atom is -0.497 e. The van der Waals surface area contributed by atoms with Crippen molar-refractivity contribution in [2.24, 2.45) is 5.73 Å². The SMILES string of the molecule is COc1ccc(-c2cc(C(N)=O)c(NC(C)=O)s2)cc1. The topological polar surface area (TPSA) is 81.4 Å². The van der Waals surface area contributed by atoms with Gasteiger partial charge in [0.15, 0.2) is 0 Å². The Hall–Kier alpha value is -2.34. The predicted molar refractivity (Wildman–Crippen MR) is 79.1 cm³/mol. The van der Waals surface area contributed by atoms with Gasteiger partial charge in [-0.15, -0.1) is 11.3 Å². The van der Waals surface area contributed by atoms with Crippen LogP contribution in [0.2, 0.25) is 0 Å². The number of benzene rings is 1. The van der Waals surface area contributed by atoms with Crippen molar-refractivity contribution in [1.29, 1.82) is 0 Å². The molecule has 6 heteroatoms. The van der Waals surface area contributed by atoms with E-state index in [-0.39, 0.29) is 5.91 Å². The smallest absolute Gasteiger partial charge is 0.251 e. The number of nitrogens with two attached hydrogens (primary N) is 1. The highest BCUT2D eigenvalue weighted by molar-refractivity contribution is 7.20. The average molecular weight is 290 g/mol. The van der Waals surface area contributed by atoms with Gasteiger partial charge in [0.1, 0.15) is 10.8 Å². The summed E-state index contributed by atoms with van der Waals surface area (Å²) in [7, 11) is 1.60. The van der Waals surface area contributed by atoms with Crippen molar-refractivity contribution in [3.8, 4) is 16.2 Å². The van der Waals surface area contributed by atoms with Crippen molar-refractivity contribution in [3.05, 3.63) is 35.9 Å². The van der Waals surface area contributed by atoms with E-state index in [9.17, 15) is 9.59 Å². The lowest BCUT2D eigenvalue weighted by Gasteiger charge is -2.01. The zero-order valence-electron chi connectivity index (χ0n) is 11.1. The number of rotatable bonds is 4. The molecular formula is C14H14N2O3S. The van der Waals surface area contributed by atoms with E-state index in [1.165, 1.54) is 18.3 Å². The van der Waals surface area contributed by atoms with Gasteiger partial charge >= 0.3 is 0 Å². The number of nitrogens with one attached hydrogen (secondary N) is 1. The zero-order valence-corrected chi connectivity index (χ0v) is 11.9. The Labute approximate surface area is 120 Å². The second-order valence-corrected chi connectivity index (χ2v) is 5.18. The van der Waals surface area contributed by atoms with Crippen molar-refractivity contribution in [3.63, 3.8) is 0 Å². The summed E-state index contributed by atoms with van der Waals surface area (Å²) in [4.78, 5) is 23.4. The lowest BCUT2D eigenvalue weighted by molar-refractivity contribution is -0.114. The standard InChI is InChI=1S/C14H14N2O3S/c1-8(17)16-14-11(13(15)18)7-12(20-14)9-3-5-10(19-2)6-4-9/h3-7H,1-2H3,(H2,15,18)(H,16,17). The van der Waals surface area contributed by atoms with Gasteiger partial charge in [-0.3, -0.25) is 9.59 Å². The fraction of sp³-hybridized carbons (Fsp3) is 0.143. The molecule has 20 heavy (non-hydrogen) atoms. The third-order valence-corrected chi connectivity index (χ3v) is 3.76. The molecule has 0 spiro atoms. The molecule has 104 valence electrons. The van der Waals surface area contributed by atoms with Crippen molar-refractivity contribution in [2.45, 2.75) is 6.92 Å². The van der Waals surface area contributed by atoms with Crippen LogP contribution in [-0.4, -0.2) is 18.9 Å². The normalized spacial score (nSPS) is 10.1. The fourth-order valence-electron chi connectivity index (χ4n) is 1.72. The van der Waals surface area contributed by atoms with Crippen LogP contribution in [0, 0.1) is 0 Å². The lowest BCUT2D eigenvalue weighted by atomic mass is 10.1. The number of primary amides is 1. The van der Waals surface area contributed by atoms with Crippen LogP contribution in [0.25, 0.3) is 10.4 Å². The molecule has 0 aliphatic carbocycles. The first kappa shape index (κ1) is 14.1. The first-order valence-corrected chi connectivity index (χ1v) is 6.68. The monoisotopic (exact) mass is 290 g/mol. The number of amides is 2. The summed E-state index contributed by atoms with van der Waals surface area (Å²) >= 11 is 1.31. The minimum atomic E-state index is -0.565. The molecule has 0 aliphatic rings. The van der Waals surface area contributed by atoms with Crippen LogP contribution in [0.5, 0.6) is 5.75 Å². The van der Waals surface area contributed by atoms with Crippen LogP contribution < -0.4 is 15.8 Å². The number of ether oxygens (including phenoxy) is 1. The highest BCUT2D eigenvalue weighted by Crippen LogP contribution is 2.35. The molecule has 3 N–H and O–H groups in total. The largest absolute Gasteiger partial charge is 0.497 e. The van der Waals surface area contributed by atoms with E-state index in [0.717, 1.165) is 16.2 Å². The number of carbonyl (C=O) groups is 2. The summed E-state index contributed by atoms with van der Waals surface area (Å²) in [5.74, 6) is -0.0529. The van der Waals surface area contributed by atoms with Gasteiger partial charge in [-0.2, -0.15) is 0 Å². The molecule has 0 saturated carbocycles. The number of hydrogen-bond donors (Lipinski definition) is 2. The molecule has 5 nitrogen and oxygen atoms in total. The van der Waals surface area contributed by atoms with Crippen molar-refractivity contribution in [1.82, 2.24) is 0 Å². The molecule has 1 heterocycles. The van der Waals surface area contributed by atoms with E-state index < -0.39 is 5.91 Å². The van der Waals surface area contributed by atoms with Gasteiger partial charge in [0.25, 0.3) is 5.91 Å². The number of carbonyl (C=O) groups excluding carboxylic acids is 2. The third kappa shape index (κ3) is 2.97. The Morgan fingerprint density at radius 2 is 1.90 bits per heavy atom. The average Bonchev–Trinajstić information content (AvgIpc) is 2.82. The highest BCUT2D eigenvalue weighted by Gasteiger charge is 2.15. The molecule has 2 rings (SSSR count). The Morgan fingerprint density at radius 3 is 2.40 bits per heavy atom. The van der Waals surface area contributed by atoms with Crippen LogP contribution in [-0.2, 0) is 4.79 Å². The Morgan fingerprint density at radius 1 is 1.25 bits per heavy atom. The quantitative estimate of drug-likeness (QED) is 0.907.